The van der Waals surface area contributed by atoms with E-state index in [0.29, 0.717) is 0 Å². The predicted octanol–water partition coefficient (Wildman–Crippen LogP) is 3.59. The molecule has 0 radical (unpaired) electrons. The van der Waals surface area contributed by atoms with Crippen LogP contribution in [0.15, 0.2) is 18.2 Å². The molecule has 1 aromatic carbocycles. The zero-order chi connectivity index (χ0) is 15.0. The molecule has 0 fully saturated rings. The van der Waals surface area contributed by atoms with E-state index in [0.717, 1.165) is 44.5 Å². The number of rotatable bonds is 8. The number of methoxy groups -OCH3 is 1. The number of ether oxygens (including phenoxy) is 1. The van der Waals surface area contributed by atoms with Crippen LogP contribution in [-0.4, -0.2) is 31.3 Å². The maximum Gasteiger partial charge on any atom is 0.341 e. The van der Waals surface area contributed by atoms with Gasteiger partial charge < -0.3 is 14.7 Å². The maximum atomic E-state index is 11.6. The zero-order valence-electron chi connectivity index (χ0n) is 12.7. The van der Waals surface area contributed by atoms with E-state index in [9.17, 15) is 9.90 Å². The van der Waals surface area contributed by atoms with Crippen molar-refractivity contribution in [3.63, 3.8) is 0 Å². The van der Waals surface area contributed by atoms with Gasteiger partial charge in [-0.15, -0.1) is 0 Å². The Hall–Kier alpha value is -1.71. The molecule has 1 N–H and O–H groups in total. The van der Waals surface area contributed by atoms with Crippen molar-refractivity contribution in [3.8, 4) is 5.75 Å². The molecule has 0 aromatic heterocycles. The molecule has 112 valence electrons. The summed E-state index contributed by atoms with van der Waals surface area (Å²) in [5, 5.41) is 9.75. The van der Waals surface area contributed by atoms with Crippen molar-refractivity contribution in [2.75, 3.05) is 25.1 Å². The highest BCUT2D eigenvalue weighted by atomic mass is 16.5. The van der Waals surface area contributed by atoms with Gasteiger partial charge in [0.05, 0.1) is 7.11 Å². The van der Waals surface area contributed by atoms with E-state index in [1.54, 1.807) is 12.1 Å². The summed E-state index contributed by atoms with van der Waals surface area (Å²) in [6.07, 6.45) is 4.48. The molecule has 4 nitrogen and oxygen atoms in total. The van der Waals surface area contributed by atoms with Crippen LogP contribution in [0.1, 0.15) is 49.9 Å². The van der Waals surface area contributed by atoms with Crippen molar-refractivity contribution in [1.82, 2.24) is 0 Å². The minimum absolute atomic E-state index is 0.0356. The summed E-state index contributed by atoms with van der Waals surface area (Å²) in [6, 6.07) is 5.13. The van der Waals surface area contributed by atoms with E-state index >= 15 is 0 Å². The second kappa shape index (κ2) is 8.46. The maximum absolute atomic E-state index is 11.6. The Morgan fingerprint density at radius 1 is 1.20 bits per heavy atom. The largest absolute Gasteiger partial charge is 0.507 e. The van der Waals surface area contributed by atoms with Crippen molar-refractivity contribution in [1.29, 1.82) is 0 Å². The summed E-state index contributed by atoms with van der Waals surface area (Å²) in [5.41, 5.74) is 1.19. The van der Waals surface area contributed by atoms with Crippen LogP contribution in [0.5, 0.6) is 5.75 Å². The normalized spacial score (nSPS) is 10.3. The molecule has 0 unspecified atom stereocenters. The Bertz CT molecular complexity index is 424. The fourth-order valence-electron chi connectivity index (χ4n) is 2.06. The first-order valence-corrected chi connectivity index (χ1v) is 7.30. The lowest BCUT2D eigenvalue weighted by Gasteiger charge is -2.25. The number of aromatic hydroxyl groups is 1. The zero-order valence-corrected chi connectivity index (χ0v) is 12.7. The molecule has 0 atom stereocenters. The van der Waals surface area contributed by atoms with Gasteiger partial charge in [-0.1, -0.05) is 26.7 Å². The van der Waals surface area contributed by atoms with E-state index in [-0.39, 0.29) is 11.3 Å². The number of hydrogen-bond acceptors (Lipinski definition) is 4. The fourth-order valence-corrected chi connectivity index (χ4v) is 2.06. The number of phenolic OH excluding ortho intramolecular Hbond substituents is 1. The van der Waals surface area contributed by atoms with Gasteiger partial charge in [0.2, 0.25) is 0 Å². The molecule has 0 aliphatic heterocycles. The molecule has 0 bridgehead atoms. The Kier molecular flexibility index (Phi) is 6.91. The number of unbranched alkanes of at least 4 members (excludes halogenated alkanes) is 2. The highest BCUT2D eigenvalue weighted by Gasteiger charge is 2.14. The second-order valence-corrected chi connectivity index (χ2v) is 4.89. The van der Waals surface area contributed by atoms with Crippen LogP contribution < -0.4 is 4.90 Å². The first-order valence-electron chi connectivity index (χ1n) is 7.30. The van der Waals surface area contributed by atoms with Gasteiger partial charge in [0.1, 0.15) is 11.3 Å². The van der Waals surface area contributed by atoms with Gasteiger partial charge in [-0.25, -0.2) is 4.79 Å². The quantitative estimate of drug-likeness (QED) is 0.739. The van der Waals surface area contributed by atoms with Crippen LogP contribution in [0, 0.1) is 0 Å². The van der Waals surface area contributed by atoms with E-state index in [2.05, 4.69) is 18.7 Å². The summed E-state index contributed by atoms with van der Waals surface area (Å²) in [4.78, 5) is 13.9. The number of esters is 1. The summed E-state index contributed by atoms with van der Waals surface area (Å²) in [6.45, 7) is 6.24. The fraction of sp³-hybridized carbons (Fsp3) is 0.562. The highest BCUT2D eigenvalue weighted by molar-refractivity contribution is 5.93. The molecule has 0 heterocycles. The van der Waals surface area contributed by atoms with Crippen LogP contribution >= 0.6 is 0 Å². The van der Waals surface area contributed by atoms with Crippen molar-refractivity contribution < 1.29 is 14.6 Å². The topological polar surface area (TPSA) is 49.8 Å². The number of benzene rings is 1. The van der Waals surface area contributed by atoms with Gasteiger partial charge in [0.15, 0.2) is 0 Å². The Morgan fingerprint density at radius 3 is 2.30 bits per heavy atom. The predicted molar refractivity (Wildman–Crippen MR) is 81.5 cm³/mol. The SMILES string of the molecule is CCCCN(CCCC)c1ccc(O)c(C(=O)OC)c1. The van der Waals surface area contributed by atoms with Gasteiger partial charge in [-0.3, -0.25) is 0 Å². The van der Waals surface area contributed by atoms with E-state index in [1.807, 2.05) is 6.07 Å². The van der Waals surface area contributed by atoms with Crippen LogP contribution in [0.2, 0.25) is 0 Å². The molecule has 4 heteroatoms. The first-order chi connectivity index (χ1) is 9.63. The van der Waals surface area contributed by atoms with Gasteiger partial charge in [-0.05, 0) is 31.0 Å². The molecular formula is C16H25NO3. The van der Waals surface area contributed by atoms with Crippen molar-refractivity contribution in [2.45, 2.75) is 39.5 Å². The minimum Gasteiger partial charge on any atom is -0.507 e. The summed E-state index contributed by atoms with van der Waals surface area (Å²) < 4.78 is 4.70. The van der Waals surface area contributed by atoms with Crippen LogP contribution in [0.3, 0.4) is 0 Å². The molecule has 1 rings (SSSR count). The van der Waals surface area contributed by atoms with Crippen LogP contribution in [0.25, 0.3) is 0 Å². The van der Waals surface area contributed by atoms with Crippen molar-refractivity contribution >= 4 is 11.7 Å². The molecular weight excluding hydrogens is 254 g/mol. The molecule has 0 amide bonds. The number of hydrogen-bond donors (Lipinski definition) is 1. The van der Waals surface area contributed by atoms with E-state index in [1.165, 1.54) is 7.11 Å². The van der Waals surface area contributed by atoms with Gasteiger partial charge in [0, 0.05) is 18.8 Å². The van der Waals surface area contributed by atoms with E-state index < -0.39 is 5.97 Å². The van der Waals surface area contributed by atoms with Crippen molar-refractivity contribution in [3.05, 3.63) is 23.8 Å². The number of carbonyl (C=O) groups is 1. The molecule has 0 saturated heterocycles. The lowest BCUT2D eigenvalue weighted by atomic mass is 10.1. The highest BCUT2D eigenvalue weighted by Crippen LogP contribution is 2.25. The average Bonchev–Trinajstić information content (AvgIpc) is 2.47. The molecule has 0 aliphatic carbocycles. The summed E-state index contributed by atoms with van der Waals surface area (Å²) in [7, 11) is 1.32. The molecule has 20 heavy (non-hydrogen) atoms. The summed E-state index contributed by atoms with van der Waals surface area (Å²) >= 11 is 0. The third-order valence-corrected chi connectivity index (χ3v) is 3.31. The molecule has 0 saturated carbocycles. The Morgan fingerprint density at radius 2 is 1.80 bits per heavy atom. The van der Waals surface area contributed by atoms with E-state index in [4.69, 9.17) is 4.74 Å². The number of nitrogens with zero attached hydrogens (tertiary/aromatic N) is 1. The second-order valence-electron chi connectivity index (χ2n) is 4.89. The smallest absolute Gasteiger partial charge is 0.341 e. The lowest BCUT2D eigenvalue weighted by Crippen LogP contribution is -2.25. The number of anilines is 1. The lowest BCUT2D eigenvalue weighted by molar-refractivity contribution is 0.0597. The third-order valence-electron chi connectivity index (χ3n) is 3.31. The first kappa shape index (κ1) is 16.3. The van der Waals surface area contributed by atoms with Crippen LogP contribution in [-0.2, 0) is 4.74 Å². The molecule has 0 aliphatic rings. The van der Waals surface area contributed by atoms with Gasteiger partial charge in [-0.2, -0.15) is 0 Å². The molecule has 0 spiro atoms. The Balaban J connectivity index is 2.97. The monoisotopic (exact) mass is 279 g/mol. The summed E-state index contributed by atoms with van der Waals surface area (Å²) in [5.74, 6) is -0.540. The molecule has 1 aromatic rings. The van der Waals surface area contributed by atoms with Crippen LogP contribution in [0.4, 0.5) is 5.69 Å². The standard InChI is InChI=1S/C16H25NO3/c1-4-6-10-17(11-7-5-2)13-8-9-15(18)14(12-13)16(19)20-3/h8-9,12,18H,4-7,10-11H2,1-3H3. The average molecular weight is 279 g/mol. The van der Waals surface area contributed by atoms with Crippen molar-refractivity contribution in [2.24, 2.45) is 0 Å². The van der Waals surface area contributed by atoms with Gasteiger partial charge in [0.25, 0.3) is 0 Å². The van der Waals surface area contributed by atoms with Gasteiger partial charge >= 0.3 is 5.97 Å². The minimum atomic E-state index is -0.504. The Labute approximate surface area is 121 Å². The number of phenols is 1. The third kappa shape index (κ3) is 4.44. The number of carbonyl (C=O) groups excluding carboxylic acids is 1.